The van der Waals surface area contributed by atoms with E-state index in [-0.39, 0.29) is 5.75 Å². The average Bonchev–Trinajstić information content (AvgIpc) is 3.37. The van der Waals surface area contributed by atoms with E-state index in [9.17, 15) is 8.42 Å². The molecule has 188 valence electrons. The fraction of sp³-hybridized carbons (Fsp3) is 0.148. The number of hydrogen-bond donors (Lipinski definition) is 2. The number of rotatable bonds is 10. The molecule has 5 aromatic rings. The Hall–Kier alpha value is -3.86. The van der Waals surface area contributed by atoms with Crippen molar-refractivity contribution in [2.24, 2.45) is 0 Å². The van der Waals surface area contributed by atoms with Crippen molar-refractivity contribution in [3.05, 3.63) is 90.2 Å². The van der Waals surface area contributed by atoms with Gasteiger partial charge in [-0.3, -0.25) is 0 Å². The van der Waals surface area contributed by atoms with E-state index in [1.165, 1.54) is 6.26 Å². The highest BCUT2D eigenvalue weighted by molar-refractivity contribution is 7.90. The van der Waals surface area contributed by atoms with Crippen molar-refractivity contribution in [2.45, 2.75) is 6.54 Å². The summed E-state index contributed by atoms with van der Waals surface area (Å²) in [4.78, 5) is 13.6. The summed E-state index contributed by atoms with van der Waals surface area (Å²) < 4.78 is 28.4. The van der Waals surface area contributed by atoms with Crippen LogP contribution in [0.25, 0.3) is 21.5 Å². The first-order chi connectivity index (χ1) is 17.9. The minimum absolute atomic E-state index is 0.107. The van der Waals surface area contributed by atoms with Gasteiger partial charge in [0.2, 0.25) is 0 Å². The Labute approximate surface area is 219 Å². The molecule has 0 saturated heterocycles. The molecule has 0 bridgehead atoms. The van der Waals surface area contributed by atoms with Gasteiger partial charge in [0.15, 0.2) is 0 Å². The van der Waals surface area contributed by atoms with Gasteiger partial charge in [-0.05, 0) is 48.5 Å². The first-order valence-corrected chi connectivity index (χ1v) is 14.5. The van der Waals surface area contributed by atoms with Crippen molar-refractivity contribution in [1.29, 1.82) is 0 Å². The molecule has 2 heterocycles. The monoisotopic (exact) mass is 531 g/mol. The van der Waals surface area contributed by atoms with Gasteiger partial charge in [-0.2, -0.15) is 0 Å². The van der Waals surface area contributed by atoms with Crippen LogP contribution in [0.3, 0.4) is 0 Å². The van der Waals surface area contributed by atoms with Crippen LogP contribution in [0.1, 0.15) is 5.69 Å². The first-order valence-electron chi connectivity index (χ1n) is 11.6. The lowest BCUT2D eigenvalue weighted by atomic mass is 10.1. The molecule has 0 aliphatic rings. The summed E-state index contributed by atoms with van der Waals surface area (Å²) in [5, 5.41) is 10.3. The number of fused-ring (bicyclic) bond motifs is 1. The van der Waals surface area contributed by atoms with Crippen LogP contribution in [0.15, 0.2) is 84.5 Å². The van der Waals surface area contributed by atoms with Gasteiger partial charge in [-0.1, -0.05) is 24.3 Å². The molecule has 0 atom stereocenters. The molecule has 2 N–H and O–H groups in total. The summed E-state index contributed by atoms with van der Waals surface area (Å²) in [6.45, 7) is 0.919. The topological polar surface area (TPSA) is 106 Å². The molecule has 0 spiro atoms. The molecule has 37 heavy (non-hydrogen) atoms. The Morgan fingerprint density at radius 2 is 1.73 bits per heavy atom. The molecular weight excluding hydrogens is 506 g/mol. The number of thiazole rings is 1. The highest BCUT2D eigenvalue weighted by Crippen LogP contribution is 2.30. The zero-order chi connectivity index (χ0) is 25.7. The second-order valence-corrected chi connectivity index (χ2v) is 11.6. The fourth-order valence-electron chi connectivity index (χ4n) is 3.65. The second kappa shape index (κ2) is 11.0. The maximum Gasteiger partial charge on any atom is 0.148 e. The lowest BCUT2D eigenvalue weighted by Gasteiger charge is -2.10. The number of ether oxygens (including phenoxy) is 1. The minimum atomic E-state index is -2.98. The van der Waals surface area contributed by atoms with E-state index < -0.39 is 9.84 Å². The predicted octanol–water partition coefficient (Wildman–Crippen LogP) is 5.42. The van der Waals surface area contributed by atoms with Crippen molar-refractivity contribution < 1.29 is 13.2 Å². The summed E-state index contributed by atoms with van der Waals surface area (Å²) in [5.74, 6) is 2.36. The van der Waals surface area contributed by atoms with Gasteiger partial charge in [0.1, 0.15) is 38.5 Å². The minimum Gasteiger partial charge on any atom is -0.457 e. The van der Waals surface area contributed by atoms with Crippen molar-refractivity contribution in [1.82, 2.24) is 20.3 Å². The zero-order valence-corrected chi connectivity index (χ0v) is 21.7. The van der Waals surface area contributed by atoms with Gasteiger partial charge in [-0.15, -0.1) is 11.3 Å². The summed E-state index contributed by atoms with van der Waals surface area (Å²) >= 11 is 1.54. The number of sulfone groups is 1. The van der Waals surface area contributed by atoms with Gasteiger partial charge in [0, 0.05) is 41.4 Å². The van der Waals surface area contributed by atoms with Crippen molar-refractivity contribution in [2.75, 3.05) is 23.9 Å². The van der Waals surface area contributed by atoms with Crippen LogP contribution in [0.4, 0.5) is 11.5 Å². The van der Waals surface area contributed by atoms with E-state index in [0.29, 0.717) is 18.9 Å². The highest BCUT2D eigenvalue weighted by Gasteiger charge is 2.10. The van der Waals surface area contributed by atoms with Crippen LogP contribution in [-0.4, -0.2) is 41.9 Å². The SMILES string of the molecule is CS(=O)(=O)CCNCc1csc(-c2ccc3c(Nc4ccc(Oc5ccccc5)cc4)ncnc3c2)n1. The van der Waals surface area contributed by atoms with Crippen LogP contribution in [0.2, 0.25) is 0 Å². The third-order valence-corrected chi connectivity index (χ3v) is 7.37. The number of nitrogens with zero attached hydrogens (tertiary/aromatic N) is 3. The van der Waals surface area contributed by atoms with Gasteiger partial charge in [0.25, 0.3) is 0 Å². The van der Waals surface area contributed by atoms with E-state index in [1.54, 1.807) is 17.7 Å². The zero-order valence-electron chi connectivity index (χ0n) is 20.1. The Bertz CT molecular complexity index is 1600. The number of anilines is 2. The second-order valence-electron chi connectivity index (χ2n) is 8.47. The van der Waals surface area contributed by atoms with Crippen LogP contribution in [0, 0.1) is 0 Å². The number of para-hydroxylation sites is 1. The average molecular weight is 532 g/mol. The predicted molar refractivity (Wildman–Crippen MR) is 148 cm³/mol. The molecule has 0 saturated carbocycles. The highest BCUT2D eigenvalue weighted by atomic mass is 32.2. The van der Waals surface area contributed by atoms with Gasteiger partial charge < -0.3 is 15.4 Å². The number of aromatic nitrogens is 3. The Morgan fingerprint density at radius 1 is 0.946 bits per heavy atom. The van der Waals surface area contributed by atoms with E-state index in [2.05, 4.69) is 25.6 Å². The number of hydrogen-bond acceptors (Lipinski definition) is 9. The molecule has 5 rings (SSSR count). The molecule has 0 fully saturated rings. The molecule has 2 aromatic heterocycles. The maximum atomic E-state index is 11.3. The first kappa shape index (κ1) is 24.8. The third kappa shape index (κ3) is 6.67. The summed E-state index contributed by atoms with van der Waals surface area (Å²) in [6, 6.07) is 23.4. The van der Waals surface area contributed by atoms with E-state index in [4.69, 9.17) is 4.74 Å². The largest absolute Gasteiger partial charge is 0.457 e. The van der Waals surface area contributed by atoms with E-state index in [1.807, 2.05) is 78.2 Å². The van der Waals surface area contributed by atoms with Crippen LogP contribution in [-0.2, 0) is 16.4 Å². The quantitative estimate of drug-likeness (QED) is 0.230. The summed E-state index contributed by atoms with van der Waals surface area (Å²) in [6.07, 6.45) is 2.78. The van der Waals surface area contributed by atoms with Crippen LogP contribution < -0.4 is 15.4 Å². The molecule has 0 aliphatic heterocycles. The molecule has 0 radical (unpaired) electrons. The lowest BCUT2D eigenvalue weighted by molar-refractivity contribution is 0.483. The number of nitrogens with one attached hydrogen (secondary N) is 2. The molecule has 0 unspecified atom stereocenters. The standard InChI is InChI=1S/C27H25N5O3S2/c1-37(33,34)14-13-28-16-21-17-36-27(32-21)19-7-12-24-25(15-19)29-18-30-26(24)31-20-8-10-23(11-9-20)35-22-5-3-2-4-6-22/h2-12,15,17-18,28H,13-14,16H2,1H3,(H,29,30,31). The van der Waals surface area contributed by atoms with Crippen LogP contribution in [0.5, 0.6) is 11.5 Å². The van der Waals surface area contributed by atoms with Gasteiger partial charge >= 0.3 is 0 Å². The van der Waals surface area contributed by atoms with Gasteiger partial charge in [0.05, 0.1) is 17.0 Å². The van der Waals surface area contributed by atoms with Gasteiger partial charge in [-0.25, -0.2) is 23.4 Å². The molecule has 10 heteroatoms. The van der Waals surface area contributed by atoms with Crippen LogP contribution >= 0.6 is 11.3 Å². The lowest BCUT2D eigenvalue weighted by Crippen LogP contribution is -2.22. The van der Waals surface area contributed by atoms with Crippen molar-refractivity contribution in [3.63, 3.8) is 0 Å². The Morgan fingerprint density at radius 3 is 2.51 bits per heavy atom. The third-order valence-electron chi connectivity index (χ3n) is 5.49. The maximum absolute atomic E-state index is 11.3. The van der Waals surface area contributed by atoms with Crippen molar-refractivity contribution >= 4 is 43.6 Å². The molecule has 3 aromatic carbocycles. The van der Waals surface area contributed by atoms with E-state index in [0.717, 1.165) is 44.4 Å². The van der Waals surface area contributed by atoms with E-state index >= 15 is 0 Å². The summed E-state index contributed by atoms with van der Waals surface area (Å²) in [7, 11) is -2.98. The molecule has 8 nitrogen and oxygen atoms in total. The fourth-order valence-corrected chi connectivity index (χ4v) is 4.98. The number of benzene rings is 3. The molecular formula is C27H25N5O3S2. The molecule has 0 amide bonds. The Balaban J connectivity index is 1.26. The smallest absolute Gasteiger partial charge is 0.148 e. The van der Waals surface area contributed by atoms with Crippen molar-refractivity contribution in [3.8, 4) is 22.1 Å². The summed E-state index contributed by atoms with van der Waals surface area (Å²) in [5.41, 5.74) is 3.53. The normalized spacial score (nSPS) is 11.5. The molecule has 0 aliphatic carbocycles. The Kier molecular flexibility index (Phi) is 7.40.